The molecule has 0 amide bonds. The van der Waals surface area contributed by atoms with Crippen LogP contribution in [0.2, 0.25) is 0 Å². The summed E-state index contributed by atoms with van der Waals surface area (Å²) in [5.41, 5.74) is 4.92. The van der Waals surface area contributed by atoms with Gasteiger partial charge in [-0.3, -0.25) is 10.1 Å². The van der Waals surface area contributed by atoms with Crippen molar-refractivity contribution in [1.82, 2.24) is 15.0 Å². The number of hydrazone groups is 1. The molecule has 0 spiro atoms. The molecule has 0 fully saturated rings. The van der Waals surface area contributed by atoms with Crippen LogP contribution in [0.1, 0.15) is 11.1 Å². The summed E-state index contributed by atoms with van der Waals surface area (Å²) in [5, 5.41) is 21.6. The van der Waals surface area contributed by atoms with Crippen molar-refractivity contribution < 1.29 is 4.92 Å². The van der Waals surface area contributed by atoms with Crippen LogP contribution in [-0.2, 0) is 6.54 Å². The van der Waals surface area contributed by atoms with Gasteiger partial charge in [-0.15, -0.1) is 0 Å². The van der Waals surface area contributed by atoms with Gasteiger partial charge in [0.05, 0.1) is 16.7 Å². The van der Waals surface area contributed by atoms with Crippen molar-refractivity contribution in [2.24, 2.45) is 5.10 Å². The zero-order chi connectivity index (χ0) is 22.9. The Morgan fingerprint density at radius 1 is 0.818 bits per heavy atom. The first kappa shape index (κ1) is 21.4. The van der Waals surface area contributed by atoms with Crippen LogP contribution in [0.4, 0.5) is 29.2 Å². The quantitative estimate of drug-likeness (QED) is 0.196. The fraction of sp³-hybridized carbons (Fsp3) is 0.0435. The Morgan fingerprint density at radius 2 is 1.45 bits per heavy atom. The van der Waals surface area contributed by atoms with Crippen molar-refractivity contribution in [1.29, 1.82) is 0 Å². The zero-order valence-corrected chi connectivity index (χ0v) is 17.4. The molecule has 0 aliphatic rings. The fourth-order valence-corrected chi connectivity index (χ4v) is 2.91. The summed E-state index contributed by atoms with van der Waals surface area (Å²) in [6.07, 6.45) is 1.35. The molecule has 0 radical (unpaired) electrons. The molecule has 0 saturated heterocycles. The van der Waals surface area contributed by atoms with Gasteiger partial charge in [0.2, 0.25) is 17.8 Å². The number of nitro groups is 1. The van der Waals surface area contributed by atoms with Gasteiger partial charge in [-0.25, -0.2) is 5.43 Å². The van der Waals surface area contributed by atoms with E-state index in [1.807, 2.05) is 60.7 Å². The maximum absolute atomic E-state index is 11.2. The third kappa shape index (κ3) is 6.07. The largest absolute Gasteiger partial charge is 0.350 e. The highest BCUT2D eigenvalue weighted by Gasteiger charge is 2.10. The maximum atomic E-state index is 11.2. The van der Waals surface area contributed by atoms with Gasteiger partial charge >= 0.3 is 0 Å². The van der Waals surface area contributed by atoms with E-state index in [1.165, 1.54) is 12.3 Å². The number of anilines is 4. The average molecular weight is 440 g/mol. The molecule has 10 heteroatoms. The number of nitrogens with zero attached hydrogens (tertiary/aromatic N) is 5. The monoisotopic (exact) mass is 440 g/mol. The van der Waals surface area contributed by atoms with Crippen LogP contribution in [0.3, 0.4) is 0 Å². The first-order chi connectivity index (χ1) is 16.2. The molecule has 10 nitrogen and oxygen atoms in total. The number of para-hydroxylation sites is 2. The minimum absolute atomic E-state index is 0.0460. The summed E-state index contributed by atoms with van der Waals surface area (Å²) in [5.74, 6) is 0.833. The maximum Gasteiger partial charge on any atom is 0.278 e. The van der Waals surface area contributed by atoms with Gasteiger partial charge in [-0.05, 0) is 23.8 Å². The number of aromatic nitrogens is 3. The Balaban J connectivity index is 1.55. The zero-order valence-electron chi connectivity index (χ0n) is 17.4. The lowest BCUT2D eigenvalue weighted by molar-refractivity contribution is -0.385. The molecule has 4 aromatic rings. The number of hydrogen-bond acceptors (Lipinski definition) is 9. The SMILES string of the molecule is O=[N+]([O-])c1ccccc1/C=N\Nc1nc(NCc2ccccc2)nc(Nc2ccccc2)n1. The number of nitro benzene ring substituents is 1. The van der Waals surface area contributed by atoms with E-state index in [4.69, 9.17) is 0 Å². The van der Waals surface area contributed by atoms with Crippen LogP contribution in [0.25, 0.3) is 0 Å². The topological polar surface area (TPSA) is 130 Å². The fourth-order valence-electron chi connectivity index (χ4n) is 2.91. The predicted molar refractivity (Wildman–Crippen MR) is 128 cm³/mol. The van der Waals surface area contributed by atoms with Crippen molar-refractivity contribution >= 4 is 35.4 Å². The Bertz CT molecular complexity index is 1250. The van der Waals surface area contributed by atoms with Gasteiger partial charge in [0.25, 0.3) is 5.69 Å². The van der Waals surface area contributed by atoms with Crippen LogP contribution < -0.4 is 16.1 Å². The summed E-state index contributed by atoms with van der Waals surface area (Å²) < 4.78 is 0. The molecule has 0 bridgehead atoms. The van der Waals surface area contributed by atoms with Crippen molar-refractivity contribution in [3.63, 3.8) is 0 Å². The highest BCUT2D eigenvalue weighted by atomic mass is 16.6. The molecule has 3 aromatic carbocycles. The van der Waals surface area contributed by atoms with E-state index >= 15 is 0 Å². The predicted octanol–water partition coefficient (Wildman–Crippen LogP) is 4.58. The summed E-state index contributed by atoms with van der Waals surface area (Å²) >= 11 is 0. The van der Waals surface area contributed by atoms with E-state index in [-0.39, 0.29) is 11.6 Å². The molecule has 0 aliphatic carbocycles. The average Bonchev–Trinajstić information content (AvgIpc) is 2.84. The molecule has 1 heterocycles. The van der Waals surface area contributed by atoms with Crippen LogP contribution in [0, 0.1) is 10.1 Å². The number of nitrogens with one attached hydrogen (secondary N) is 3. The Labute approximate surface area is 189 Å². The lowest BCUT2D eigenvalue weighted by Gasteiger charge is -2.10. The molecular weight excluding hydrogens is 420 g/mol. The van der Waals surface area contributed by atoms with Crippen molar-refractivity contribution in [2.75, 3.05) is 16.1 Å². The van der Waals surface area contributed by atoms with E-state index in [2.05, 4.69) is 36.1 Å². The van der Waals surface area contributed by atoms with Gasteiger partial charge in [0.15, 0.2) is 0 Å². The minimum Gasteiger partial charge on any atom is -0.350 e. The smallest absolute Gasteiger partial charge is 0.278 e. The molecule has 1 aromatic heterocycles. The molecular formula is C23H20N8O2. The number of rotatable bonds is 9. The normalized spacial score (nSPS) is 10.7. The lowest BCUT2D eigenvalue weighted by Crippen LogP contribution is -2.09. The second-order valence-electron chi connectivity index (χ2n) is 6.82. The Hall–Kier alpha value is -4.86. The summed E-state index contributed by atoms with van der Waals surface area (Å²) in [7, 11) is 0. The summed E-state index contributed by atoms with van der Waals surface area (Å²) in [6.45, 7) is 0.522. The first-order valence-electron chi connectivity index (χ1n) is 10.1. The molecule has 4 rings (SSSR count). The van der Waals surface area contributed by atoms with Gasteiger partial charge in [0.1, 0.15) is 0 Å². The third-order valence-corrected chi connectivity index (χ3v) is 4.46. The molecule has 164 valence electrons. The lowest BCUT2D eigenvalue weighted by atomic mass is 10.2. The minimum atomic E-state index is -0.461. The van der Waals surface area contributed by atoms with E-state index < -0.39 is 4.92 Å². The molecule has 0 aliphatic heterocycles. The Morgan fingerprint density at radius 3 is 2.21 bits per heavy atom. The van der Waals surface area contributed by atoms with Crippen LogP contribution in [-0.4, -0.2) is 26.1 Å². The van der Waals surface area contributed by atoms with Gasteiger partial charge in [-0.1, -0.05) is 60.7 Å². The van der Waals surface area contributed by atoms with Crippen molar-refractivity contribution in [3.8, 4) is 0 Å². The highest BCUT2D eigenvalue weighted by molar-refractivity contribution is 5.85. The van der Waals surface area contributed by atoms with Gasteiger partial charge in [0, 0.05) is 18.3 Å². The first-order valence-corrected chi connectivity index (χ1v) is 10.1. The van der Waals surface area contributed by atoms with Gasteiger partial charge in [-0.2, -0.15) is 20.1 Å². The Kier molecular flexibility index (Phi) is 6.76. The van der Waals surface area contributed by atoms with Crippen molar-refractivity contribution in [3.05, 3.63) is 106 Å². The van der Waals surface area contributed by atoms with Crippen LogP contribution in [0.5, 0.6) is 0 Å². The van der Waals surface area contributed by atoms with E-state index in [1.54, 1.807) is 18.2 Å². The second kappa shape index (κ2) is 10.4. The van der Waals surface area contributed by atoms with E-state index in [9.17, 15) is 10.1 Å². The number of hydrogen-bond donors (Lipinski definition) is 3. The highest BCUT2D eigenvalue weighted by Crippen LogP contribution is 2.17. The molecule has 3 N–H and O–H groups in total. The summed E-state index contributed by atoms with van der Waals surface area (Å²) in [6, 6.07) is 25.6. The van der Waals surface area contributed by atoms with Crippen molar-refractivity contribution in [2.45, 2.75) is 6.54 Å². The third-order valence-electron chi connectivity index (χ3n) is 4.46. The second-order valence-corrected chi connectivity index (χ2v) is 6.82. The summed E-state index contributed by atoms with van der Waals surface area (Å²) in [4.78, 5) is 23.8. The van der Waals surface area contributed by atoms with Gasteiger partial charge < -0.3 is 10.6 Å². The van der Waals surface area contributed by atoms with E-state index in [0.717, 1.165) is 11.3 Å². The standard InChI is InChI=1S/C23H20N8O2/c32-31(33)20-14-8-7-11-18(20)16-25-30-23-28-21(24-15-17-9-3-1-4-10-17)27-22(29-23)26-19-12-5-2-6-13-19/h1-14,16H,15H2,(H3,24,26,27,28,29,30)/b25-16-. The molecule has 0 atom stereocenters. The van der Waals surface area contributed by atoms with E-state index in [0.29, 0.717) is 24.0 Å². The van der Waals surface area contributed by atoms with Crippen LogP contribution >= 0.6 is 0 Å². The number of benzene rings is 3. The molecule has 0 unspecified atom stereocenters. The van der Waals surface area contributed by atoms with Crippen LogP contribution in [0.15, 0.2) is 90.0 Å². The molecule has 0 saturated carbocycles. The molecule has 33 heavy (non-hydrogen) atoms.